The van der Waals surface area contributed by atoms with Crippen molar-refractivity contribution in [2.75, 3.05) is 18.8 Å². The van der Waals surface area contributed by atoms with Crippen molar-refractivity contribution < 1.29 is 37.8 Å². The highest BCUT2D eigenvalue weighted by atomic mass is 32.2. The van der Waals surface area contributed by atoms with Gasteiger partial charge in [0.2, 0.25) is 0 Å². The maximum absolute atomic E-state index is 11.1. The molecule has 0 fully saturated rings. The molecule has 0 spiro atoms. The Balaban J connectivity index is 3.32. The maximum atomic E-state index is 11.1. The summed E-state index contributed by atoms with van der Waals surface area (Å²) in [5.41, 5.74) is 0. The van der Waals surface area contributed by atoms with Crippen LogP contribution >= 0.6 is 0 Å². The minimum Gasteiger partial charge on any atom is -0.382 e. The molecule has 0 aliphatic heterocycles. The van der Waals surface area contributed by atoms with E-state index in [2.05, 4.69) is 12.5 Å². The molecule has 0 aromatic heterocycles. The van der Waals surface area contributed by atoms with Gasteiger partial charge in [0.15, 0.2) is 11.5 Å². The zero-order valence-corrected chi connectivity index (χ0v) is 13.6. The van der Waals surface area contributed by atoms with E-state index in [0.29, 0.717) is 0 Å². The Morgan fingerprint density at radius 1 is 0.667 bits per heavy atom. The predicted octanol–water partition coefficient (Wildman–Crippen LogP) is -0.298. The van der Waals surface area contributed by atoms with Gasteiger partial charge in [0, 0.05) is 6.07 Å². The molecule has 0 heterocycles. The molecule has 0 aliphatic rings. The fraction of sp³-hybridized carbons (Fsp3) is 0.333. The maximum Gasteiger partial charge on any atom is 0.306 e. The molecule has 0 radical (unpaired) electrons. The lowest BCUT2D eigenvalue weighted by atomic mass is 10.3. The second kappa shape index (κ2) is 5.69. The molecule has 1 rings (SSSR count). The van der Waals surface area contributed by atoms with E-state index in [0.717, 1.165) is 37.0 Å². The van der Waals surface area contributed by atoms with Crippen LogP contribution in [-0.4, -0.2) is 44.0 Å². The van der Waals surface area contributed by atoms with Gasteiger partial charge >= 0.3 is 30.4 Å². The molecule has 0 saturated heterocycles. The predicted molar refractivity (Wildman–Crippen MR) is 72.9 cm³/mol. The van der Waals surface area contributed by atoms with Gasteiger partial charge in [-0.2, -0.15) is 25.3 Å². The van der Waals surface area contributed by atoms with Crippen LogP contribution in [0, 0.1) is 0 Å². The molecule has 0 unspecified atom stereocenters. The molecule has 0 saturated carbocycles. The Morgan fingerprint density at radius 3 is 1.52 bits per heavy atom. The SMILES string of the molecule is CS(=O)(=O)Oc1ccc(OS(C)(=O)=O)c(OS(C)(=O)=O)c1. The molecule has 0 N–H and O–H groups in total. The minimum atomic E-state index is -4.00. The smallest absolute Gasteiger partial charge is 0.306 e. The summed E-state index contributed by atoms with van der Waals surface area (Å²) < 4.78 is 80.0. The normalized spacial score (nSPS) is 12.7. The van der Waals surface area contributed by atoms with E-state index in [1.54, 1.807) is 0 Å². The van der Waals surface area contributed by atoms with Crippen molar-refractivity contribution in [1.82, 2.24) is 0 Å². The van der Waals surface area contributed by atoms with Gasteiger partial charge in [-0.3, -0.25) is 0 Å². The van der Waals surface area contributed by atoms with Gasteiger partial charge in [-0.1, -0.05) is 0 Å². The third-order valence-corrected chi connectivity index (χ3v) is 3.10. The van der Waals surface area contributed by atoms with Crippen LogP contribution in [0.3, 0.4) is 0 Å². The van der Waals surface area contributed by atoms with Crippen molar-refractivity contribution in [3.05, 3.63) is 18.2 Å². The van der Waals surface area contributed by atoms with Crippen LogP contribution in [0.1, 0.15) is 0 Å². The van der Waals surface area contributed by atoms with E-state index in [1.165, 1.54) is 0 Å². The van der Waals surface area contributed by atoms with Gasteiger partial charge in [-0.15, -0.1) is 0 Å². The summed E-state index contributed by atoms with van der Waals surface area (Å²) in [6, 6.07) is 2.96. The van der Waals surface area contributed by atoms with Crippen LogP contribution in [-0.2, 0) is 30.4 Å². The number of hydrogen-bond acceptors (Lipinski definition) is 9. The Hall–Kier alpha value is -1.53. The summed E-state index contributed by atoms with van der Waals surface area (Å²) in [4.78, 5) is 0. The van der Waals surface area contributed by atoms with Crippen molar-refractivity contribution in [1.29, 1.82) is 0 Å². The van der Waals surface area contributed by atoms with Crippen molar-refractivity contribution in [3.8, 4) is 17.2 Å². The molecular weight excluding hydrogens is 348 g/mol. The van der Waals surface area contributed by atoms with Crippen LogP contribution in [0.15, 0.2) is 18.2 Å². The van der Waals surface area contributed by atoms with E-state index >= 15 is 0 Å². The van der Waals surface area contributed by atoms with Crippen LogP contribution in [0.2, 0.25) is 0 Å². The first-order valence-corrected chi connectivity index (χ1v) is 10.5. The molecule has 1 aromatic carbocycles. The monoisotopic (exact) mass is 360 g/mol. The first-order chi connectivity index (χ1) is 9.25. The van der Waals surface area contributed by atoms with E-state index in [-0.39, 0.29) is 5.75 Å². The van der Waals surface area contributed by atoms with Gasteiger partial charge in [0.25, 0.3) is 0 Å². The highest BCUT2D eigenvalue weighted by Crippen LogP contribution is 2.33. The average molecular weight is 360 g/mol. The third-order valence-electron chi connectivity index (χ3n) is 1.65. The van der Waals surface area contributed by atoms with Crippen molar-refractivity contribution in [2.24, 2.45) is 0 Å². The topological polar surface area (TPSA) is 130 Å². The van der Waals surface area contributed by atoms with Crippen LogP contribution in [0.25, 0.3) is 0 Å². The zero-order chi connectivity index (χ0) is 16.5. The van der Waals surface area contributed by atoms with Gasteiger partial charge in [0.05, 0.1) is 18.8 Å². The Bertz CT molecular complexity index is 834. The van der Waals surface area contributed by atoms with Crippen molar-refractivity contribution in [2.45, 2.75) is 0 Å². The first kappa shape index (κ1) is 17.5. The summed E-state index contributed by atoms with van der Waals surface area (Å²) in [5.74, 6) is -1.22. The van der Waals surface area contributed by atoms with Gasteiger partial charge in [-0.25, -0.2) is 0 Å². The summed E-state index contributed by atoms with van der Waals surface area (Å²) in [6.45, 7) is 0. The summed E-state index contributed by atoms with van der Waals surface area (Å²) in [6.07, 6.45) is 2.25. The van der Waals surface area contributed by atoms with Gasteiger partial charge < -0.3 is 12.5 Å². The van der Waals surface area contributed by atoms with Crippen LogP contribution in [0.4, 0.5) is 0 Å². The molecule has 21 heavy (non-hydrogen) atoms. The molecule has 0 atom stereocenters. The van der Waals surface area contributed by atoms with Gasteiger partial charge in [-0.05, 0) is 12.1 Å². The number of hydrogen-bond donors (Lipinski definition) is 0. The third kappa shape index (κ3) is 7.15. The Labute approximate surface area is 122 Å². The zero-order valence-electron chi connectivity index (χ0n) is 11.1. The molecule has 120 valence electrons. The summed E-state index contributed by atoms with van der Waals surface area (Å²) >= 11 is 0. The largest absolute Gasteiger partial charge is 0.382 e. The fourth-order valence-corrected chi connectivity index (χ4v) is 2.55. The van der Waals surface area contributed by atoms with Crippen LogP contribution in [0.5, 0.6) is 17.2 Å². The van der Waals surface area contributed by atoms with E-state index in [9.17, 15) is 25.3 Å². The van der Waals surface area contributed by atoms with Crippen molar-refractivity contribution >= 4 is 30.4 Å². The molecular formula is C9H12O9S3. The summed E-state index contributed by atoms with van der Waals surface area (Å²) in [5, 5.41) is 0. The lowest BCUT2D eigenvalue weighted by Crippen LogP contribution is -2.11. The van der Waals surface area contributed by atoms with E-state index < -0.39 is 41.9 Å². The fourth-order valence-electron chi connectivity index (χ4n) is 1.18. The molecule has 0 amide bonds. The molecule has 0 aliphatic carbocycles. The van der Waals surface area contributed by atoms with Crippen molar-refractivity contribution in [3.63, 3.8) is 0 Å². The molecule has 0 bridgehead atoms. The average Bonchev–Trinajstić information content (AvgIpc) is 2.15. The Morgan fingerprint density at radius 2 is 1.10 bits per heavy atom. The molecule has 1 aromatic rings. The Kier molecular flexibility index (Phi) is 4.75. The molecule has 12 heteroatoms. The second-order valence-electron chi connectivity index (χ2n) is 3.97. The standard InChI is InChI=1S/C9H12O9S3/c1-19(10,11)16-7-4-5-8(17-20(2,12)13)9(6-7)18-21(3,14)15/h4-6H,1-3H3. The molecule has 9 nitrogen and oxygen atoms in total. The van der Waals surface area contributed by atoms with Crippen LogP contribution < -0.4 is 12.5 Å². The first-order valence-electron chi connectivity index (χ1n) is 5.08. The summed E-state index contributed by atoms with van der Waals surface area (Å²) in [7, 11) is -11.8. The lowest BCUT2D eigenvalue weighted by molar-refractivity contribution is 0.451. The number of rotatable bonds is 6. The second-order valence-corrected chi connectivity index (χ2v) is 8.70. The van der Waals surface area contributed by atoms with E-state index in [4.69, 9.17) is 0 Å². The quantitative estimate of drug-likeness (QED) is 0.627. The highest BCUT2D eigenvalue weighted by Gasteiger charge is 2.17. The van der Waals surface area contributed by atoms with Gasteiger partial charge in [0.1, 0.15) is 5.75 Å². The minimum absolute atomic E-state index is 0.267. The highest BCUT2D eigenvalue weighted by molar-refractivity contribution is 7.86. The lowest BCUT2D eigenvalue weighted by Gasteiger charge is -2.11. The number of benzene rings is 1. The van der Waals surface area contributed by atoms with E-state index in [1.807, 2.05) is 0 Å².